The molecular weight excluding hydrogens is 260 g/mol. The summed E-state index contributed by atoms with van der Waals surface area (Å²) in [5.74, 6) is -0.563. The second kappa shape index (κ2) is 3.96. The first-order chi connectivity index (χ1) is 7.20. The Balaban J connectivity index is 2.57. The van der Waals surface area contributed by atoms with Crippen molar-refractivity contribution >= 4 is 32.7 Å². The molecule has 4 nitrogen and oxygen atoms in total. The van der Waals surface area contributed by atoms with Crippen LogP contribution in [0.25, 0.3) is 10.9 Å². The van der Waals surface area contributed by atoms with Gasteiger partial charge in [-0.05, 0) is 18.2 Å². The fourth-order valence-corrected chi connectivity index (χ4v) is 1.63. The van der Waals surface area contributed by atoms with Crippen molar-refractivity contribution in [3.63, 3.8) is 0 Å². The molecule has 1 heterocycles. The molecule has 0 unspecified atom stereocenters. The van der Waals surface area contributed by atoms with Crippen LogP contribution < -0.4 is 5.48 Å². The lowest BCUT2D eigenvalue weighted by atomic mass is 10.1. The van der Waals surface area contributed by atoms with Gasteiger partial charge < -0.3 is 0 Å². The van der Waals surface area contributed by atoms with Gasteiger partial charge >= 0.3 is 0 Å². The van der Waals surface area contributed by atoms with Gasteiger partial charge in [0.05, 0.1) is 11.1 Å². The van der Waals surface area contributed by atoms with E-state index in [0.717, 1.165) is 15.4 Å². The normalized spacial score (nSPS) is 10.3. The van der Waals surface area contributed by atoms with Crippen LogP contribution in [0, 0.1) is 0 Å². The Morgan fingerprint density at radius 1 is 1.40 bits per heavy atom. The van der Waals surface area contributed by atoms with E-state index in [1.165, 1.54) is 6.20 Å². The van der Waals surface area contributed by atoms with Crippen molar-refractivity contribution in [2.75, 3.05) is 0 Å². The number of halogens is 1. The lowest BCUT2D eigenvalue weighted by Crippen LogP contribution is -2.18. The number of benzene rings is 1. The third-order valence-corrected chi connectivity index (χ3v) is 2.50. The van der Waals surface area contributed by atoms with E-state index in [1.807, 2.05) is 18.2 Å². The van der Waals surface area contributed by atoms with Gasteiger partial charge in [0.2, 0.25) is 0 Å². The molecule has 0 saturated heterocycles. The quantitative estimate of drug-likeness (QED) is 0.614. The van der Waals surface area contributed by atoms with E-state index in [2.05, 4.69) is 20.9 Å². The van der Waals surface area contributed by atoms with E-state index in [1.54, 1.807) is 11.5 Å². The molecule has 1 amide bonds. The van der Waals surface area contributed by atoms with E-state index in [9.17, 15) is 4.79 Å². The highest BCUT2D eigenvalue weighted by Gasteiger charge is 2.05. The van der Waals surface area contributed by atoms with Crippen molar-refractivity contribution in [1.29, 1.82) is 0 Å². The first kappa shape index (κ1) is 10.1. The number of rotatable bonds is 1. The summed E-state index contributed by atoms with van der Waals surface area (Å²) in [6, 6.07) is 7.24. The predicted molar refractivity (Wildman–Crippen MR) is 58.7 cm³/mol. The molecule has 0 fully saturated rings. The van der Waals surface area contributed by atoms with Gasteiger partial charge in [-0.3, -0.25) is 15.0 Å². The second-order valence-corrected chi connectivity index (χ2v) is 3.92. The van der Waals surface area contributed by atoms with Crippen LogP contribution in [0.2, 0.25) is 0 Å². The minimum atomic E-state index is -0.563. The number of pyridine rings is 1. The first-order valence-corrected chi connectivity index (χ1v) is 5.00. The maximum Gasteiger partial charge on any atom is 0.276 e. The van der Waals surface area contributed by atoms with Crippen LogP contribution in [0.5, 0.6) is 0 Å². The summed E-state index contributed by atoms with van der Waals surface area (Å²) in [6.45, 7) is 0. The number of hydroxylamine groups is 1. The van der Waals surface area contributed by atoms with E-state index in [4.69, 9.17) is 5.21 Å². The predicted octanol–water partition coefficient (Wildman–Crippen LogP) is 2.12. The molecule has 1 aromatic carbocycles. The zero-order valence-corrected chi connectivity index (χ0v) is 9.15. The SMILES string of the molecule is O=C(NO)c1cnc2cc(Br)ccc2c1. The number of fused-ring (bicyclic) bond motifs is 1. The number of aromatic nitrogens is 1. The van der Waals surface area contributed by atoms with Gasteiger partial charge in [-0.2, -0.15) is 0 Å². The van der Waals surface area contributed by atoms with Crippen molar-refractivity contribution in [2.24, 2.45) is 0 Å². The highest BCUT2D eigenvalue weighted by atomic mass is 79.9. The summed E-state index contributed by atoms with van der Waals surface area (Å²) in [5, 5.41) is 9.32. The van der Waals surface area contributed by atoms with Crippen LogP contribution in [0.1, 0.15) is 10.4 Å². The number of amides is 1. The molecule has 0 aliphatic rings. The fraction of sp³-hybridized carbons (Fsp3) is 0. The summed E-state index contributed by atoms with van der Waals surface area (Å²) >= 11 is 3.33. The summed E-state index contributed by atoms with van der Waals surface area (Å²) in [7, 11) is 0. The molecule has 2 rings (SSSR count). The molecule has 0 saturated carbocycles. The van der Waals surface area contributed by atoms with E-state index < -0.39 is 5.91 Å². The van der Waals surface area contributed by atoms with Gasteiger partial charge in [0, 0.05) is 16.1 Å². The monoisotopic (exact) mass is 266 g/mol. The fourth-order valence-electron chi connectivity index (χ4n) is 1.28. The lowest BCUT2D eigenvalue weighted by molar-refractivity contribution is 0.0706. The zero-order valence-electron chi connectivity index (χ0n) is 7.57. The van der Waals surface area contributed by atoms with Gasteiger partial charge in [0.15, 0.2) is 0 Å². The number of nitrogens with one attached hydrogen (secondary N) is 1. The molecule has 76 valence electrons. The molecule has 15 heavy (non-hydrogen) atoms. The Morgan fingerprint density at radius 2 is 2.20 bits per heavy atom. The van der Waals surface area contributed by atoms with Crippen LogP contribution in [-0.2, 0) is 0 Å². The first-order valence-electron chi connectivity index (χ1n) is 4.20. The highest BCUT2D eigenvalue weighted by molar-refractivity contribution is 9.10. The summed E-state index contributed by atoms with van der Waals surface area (Å²) in [6.07, 6.45) is 1.42. The average Bonchev–Trinajstić information content (AvgIpc) is 2.27. The molecule has 2 N–H and O–H groups in total. The van der Waals surface area contributed by atoms with Gasteiger partial charge in [0.1, 0.15) is 0 Å². The Labute approximate surface area is 94.0 Å². The number of hydrogen-bond donors (Lipinski definition) is 2. The Morgan fingerprint density at radius 3 is 2.93 bits per heavy atom. The van der Waals surface area contributed by atoms with Crippen LogP contribution in [-0.4, -0.2) is 16.1 Å². The minimum Gasteiger partial charge on any atom is -0.288 e. The molecular formula is C10H7BrN2O2. The molecule has 0 aliphatic heterocycles. The van der Waals surface area contributed by atoms with Crippen LogP contribution in [0.15, 0.2) is 34.9 Å². The highest BCUT2D eigenvalue weighted by Crippen LogP contribution is 2.18. The van der Waals surface area contributed by atoms with Crippen LogP contribution in [0.4, 0.5) is 0 Å². The Bertz CT molecular complexity index is 528. The van der Waals surface area contributed by atoms with Gasteiger partial charge in [-0.15, -0.1) is 0 Å². The van der Waals surface area contributed by atoms with E-state index >= 15 is 0 Å². The van der Waals surface area contributed by atoms with Crippen molar-refractivity contribution in [2.45, 2.75) is 0 Å². The van der Waals surface area contributed by atoms with Crippen molar-refractivity contribution in [3.8, 4) is 0 Å². The maximum absolute atomic E-state index is 11.1. The van der Waals surface area contributed by atoms with Gasteiger partial charge in [-0.1, -0.05) is 22.0 Å². The number of carbonyl (C=O) groups is 1. The second-order valence-electron chi connectivity index (χ2n) is 3.00. The average molecular weight is 267 g/mol. The van der Waals surface area contributed by atoms with E-state index in [-0.39, 0.29) is 0 Å². The molecule has 0 aliphatic carbocycles. The number of hydrogen-bond acceptors (Lipinski definition) is 3. The molecule has 2 aromatic rings. The maximum atomic E-state index is 11.1. The largest absolute Gasteiger partial charge is 0.288 e. The van der Waals surface area contributed by atoms with Crippen molar-refractivity contribution in [3.05, 3.63) is 40.5 Å². The lowest BCUT2D eigenvalue weighted by Gasteiger charge is -2.01. The third-order valence-electron chi connectivity index (χ3n) is 2.01. The van der Waals surface area contributed by atoms with Gasteiger partial charge in [0.25, 0.3) is 5.91 Å². The summed E-state index contributed by atoms with van der Waals surface area (Å²) < 4.78 is 0.932. The molecule has 0 spiro atoms. The number of carbonyl (C=O) groups excluding carboxylic acids is 1. The smallest absolute Gasteiger partial charge is 0.276 e. The molecule has 5 heteroatoms. The van der Waals surface area contributed by atoms with Crippen LogP contribution in [0.3, 0.4) is 0 Å². The van der Waals surface area contributed by atoms with Crippen molar-refractivity contribution in [1.82, 2.24) is 10.5 Å². The molecule has 0 atom stereocenters. The van der Waals surface area contributed by atoms with Crippen LogP contribution >= 0.6 is 15.9 Å². The van der Waals surface area contributed by atoms with E-state index in [0.29, 0.717) is 5.56 Å². The minimum absolute atomic E-state index is 0.326. The summed E-state index contributed by atoms with van der Waals surface area (Å²) in [5.41, 5.74) is 2.69. The molecule has 1 aromatic heterocycles. The third kappa shape index (κ3) is 1.98. The Hall–Kier alpha value is -1.46. The van der Waals surface area contributed by atoms with Crippen molar-refractivity contribution < 1.29 is 10.0 Å². The molecule has 0 bridgehead atoms. The Kier molecular flexibility index (Phi) is 2.66. The van der Waals surface area contributed by atoms with Gasteiger partial charge in [-0.25, -0.2) is 5.48 Å². The standard InChI is InChI=1S/C10H7BrN2O2/c11-8-2-1-6-3-7(10(14)13-15)5-12-9(6)4-8/h1-5,15H,(H,13,14). The summed E-state index contributed by atoms with van der Waals surface area (Å²) in [4.78, 5) is 15.2. The topological polar surface area (TPSA) is 62.2 Å². The number of nitrogens with zero attached hydrogens (tertiary/aromatic N) is 1. The molecule has 0 radical (unpaired) electrons. The zero-order chi connectivity index (χ0) is 10.8.